The van der Waals surface area contributed by atoms with Gasteiger partial charge in [0.15, 0.2) is 0 Å². The molecule has 0 saturated heterocycles. The lowest BCUT2D eigenvalue weighted by Crippen LogP contribution is -2.59. The molecule has 0 saturated carbocycles. The average Bonchev–Trinajstić information content (AvgIpc) is 2.60. The standard InChI is InChI=1S/C22H23FN2O/c1-21(2)18-10-9-16(23)12-17(18)20(25(26)22(21,3)4)15-11-14-7-5-6-8-19(14)24-13-15/h5-13,20,26H,1-4H3. The topological polar surface area (TPSA) is 36.4 Å². The molecule has 3 aromatic rings. The van der Waals surface area contributed by atoms with Gasteiger partial charge in [0.25, 0.3) is 0 Å². The van der Waals surface area contributed by atoms with Gasteiger partial charge in [-0.1, -0.05) is 38.1 Å². The largest absolute Gasteiger partial charge is 0.313 e. The third-order valence-corrected chi connectivity index (χ3v) is 6.26. The van der Waals surface area contributed by atoms with Gasteiger partial charge in [-0.3, -0.25) is 4.98 Å². The lowest BCUT2D eigenvalue weighted by atomic mass is 9.63. The Bertz CT molecular complexity index is 996. The highest BCUT2D eigenvalue weighted by Gasteiger charge is 2.51. The Hall–Kier alpha value is -2.30. The third-order valence-electron chi connectivity index (χ3n) is 6.26. The second-order valence-corrected chi connectivity index (χ2v) is 8.12. The molecule has 0 aliphatic carbocycles. The highest BCUT2D eigenvalue weighted by atomic mass is 19.1. The fraction of sp³-hybridized carbons (Fsp3) is 0.318. The Kier molecular flexibility index (Phi) is 3.69. The van der Waals surface area contributed by atoms with Crippen LogP contribution in [-0.4, -0.2) is 20.8 Å². The van der Waals surface area contributed by atoms with E-state index in [1.165, 1.54) is 17.2 Å². The Morgan fingerprint density at radius 2 is 1.77 bits per heavy atom. The first-order valence-electron chi connectivity index (χ1n) is 8.86. The van der Waals surface area contributed by atoms with Crippen LogP contribution >= 0.6 is 0 Å². The van der Waals surface area contributed by atoms with Gasteiger partial charge in [0.05, 0.1) is 17.1 Å². The zero-order valence-electron chi connectivity index (χ0n) is 15.5. The van der Waals surface area contributed by atoms with Crippen LogP contribution in [-0.2, 0) is 5.41 Å². The van der Waals surface area contributed by atoms with Crippen LogP contribution in [0.15, 0.2) is 54.7 Å². The van der Waals surface area contributed by atoms with Crippen LogP contribution in [0.1, 0.15) is 50.4 Å². The number of halogens is 1. The summed E-state index contributed by atoms with van der Waals surface area (Å²) in [4.78, 5) is 4.54. The van der Waals surface area contributed by atoms with Crippen molar-refractivity contribution >= 4 is 10.9 Å². The minimum Gasteiger partial charge on any atom is -0.313 e. The lowest BCUT2D eigenvalue weighted by Gasteiger charge is -2.54. The van der Waals surface area contributed by atoms with Crippen molar-refractivity contribution < 1.29 is 9.60 Å². The van der Waals surface area contributed by atoms with Crippen molar-refractivity contribution in [3.63, 3.8) is 0 Å². The summed E-state index contributed by atoms with van der Waals surface area (Å²) in [6.07, 6.45) is 1.78. The van der Waals surface area contributed by atoms with Crippen LogP contribution in [0.25, 0.3) is 10.9 Å². The lowest BCUT2D eigenvalue weighted by molar-refractivity contribution is -0.213. The monoisotopic (exact) mass is 350 g/mol. The van der Waals surface area contributed by atoms with E-state index in [0.29, 0.717) is 0 Å². The molecule has 2 aromatic carbocycles. The first-order valence-corrected chi connectivity index (χ1v) is 8.86. The van der Waals surface area contributed by atoms with Crippen LogP contribution < -0.4 is 0 Å². The molecule has 0 radical (unpaired) electrons. The van der Waals surface area contributed by atoms with E-state index in [1.54, 1.807) is 6.20 Å². The molecule has 2 heterocycles. The highest BCUT2D eigenvalue weighted by Crippen LogP contribution is 2.50. The van der Waals surface area contributed by atoms with Crippen molar-refractivity contribution in [2.75, 3.05) is 0 Å². The molecule has 1 atom stereocenters. The van der Waals surface area contributed by atoms with Gasteiger partial charge in [-0.25, -0.2) is 4.39 Å². The number of fused-ring (bicyclic) bond motifs is 2. The average molecular weight is 350 g/mol. The number of hydrogen-bond donors (Lipinski definition) is 1. The Morgan fingerprint density at radius 3 is 2.54 bits per heavy atom. The van der Waals surface area contributed by atoms with Crippen molar-refractivity contribution in [1.29, 1.82) is 0 Å². The van der Waals surface area contributed by atoms with Crippen LogP contribution in [0.3, 0.4) is 0 Å². The maximum Gasteiger partial charge on any atom is 0.123 e. The van der Waals surface area contributed by atoms with E-state index in [1.807, 2.05) is 50.2 Å². The second kappa shape index (κ2) is 5.60. The molecule has 0 spiro atoms. The van der Waals surface area contributed by atoms with Crippen LogP contribution in [0.2, 0.25) is 0 Å². The zero-order chi connectivity index (χ0) is 18.7. The summed E-state index contributed by atoms with van der Waals surface area (Å²) in [5.74, 6) is -0.300. The smallest absolute Gasteiger partial charge is 0.123 e. The number of pyridine rings is 1. The Morgan fingerprint density at radius 1 is 1.04 bits per heavy atom. The fourth-order valence-electron chi connectivity index (χ4n) is 3.96. The van der Waals surface area contributed by atoms with Crippen molar-refractivity contribution in [3.8, 4) is 0 Å². The SMILES string of the molecule is CC1(C)c2ccc(F)cc2C(c2cnc3ccccc3c2)N(O)C1(C)C. The summed E-state index contributed by atoms with van der Waals surface area (Å²) >= 11 is 0. The van der Waals surface area contributed by atoms with Crippen molar-refractivity contribution in [3.05, 3.63) is 77.2 Å². The van der Waals surface area contributed by atoms with Gasteiger partial charge >= 0.3 is 0 Å². The van der Waals surface area contributed by atoms with Gasteiger partial charge in [0.1, 0.15) is 5.82 Å². The molecule has 1 aromatic heterocycles. The van der Waals surface area contributed by atoms with Gasteiger partial charge in [-0.2, -0.15) is 5.06 Å². The minimum absolute atomic E-state index is 0.300. The number of rotatable bonds is 1. The van der Waals surface area contributed by atoms with E-state index in [0.717, 1.165) is 27.6 Å². The summed E-state index contributed by atoms with van der Waals surface area (Å²) < 4.78 is 14.1. The van der Waals surface area contributed by atoms with Crippen LogP contribution in [0.5, 0.6) is 0 Å². The number of aromatic nitrogens is 1. The maximum atomic E-state index is 14.1. The third kappa shape index (κ3) is 2.29. The number of para-hydroxylation sites is 1. The number of nitrogens with zero attached hydrogens (tertiary/aromatic N) is 2. The normalized spacial score (nSPS) is 21.5. The van der Waals surface area contributed by atoms with E-state index < -0.39 is 11.6 Å². The molecule has 4 rings (SSSR count). The van der Waals surface area contributed by atoms with Gasteiger partial charge in [0, 0.05) is 17.0 Å². The molecule has 4 heteroatoms. The molecular formula is C22H23FN2O. The van der Waals surface area contributed by atoms with Gasteiger partial charge in [-0.15, -0.1) is 0 Å². The van der Waals surface area contributed by atoms with Gasteiger partial charge in [0.2, 0.25) is 0 Å². The molecule has 26 heavy (non-hydrogen) atoms. The fourth-order valence-corrected chi connectivity index (χ4v) is 3.96. The second-order valence-electron chi connectivity index (χ2n) is 8.12. The summed E-state index contributed by atoms with van der Waals surface area (Å²) in [6, 6.07) is 14.3. The molecule has 1 aliphatic rings. The summed E-state index contributed by atoms with van der Waals surface area (Å²) in [5.41, 5.74) is 2.68. The Balaban J connectivity index is 1.98. The number of hydrogen-bond acceptors (Lipinski definition) is 3. The molecule has 134 valence electrons. The van der Waals surface area contributed by atoms with E-state index in [-0.39, 0.29) is 11.2 Å². The van der Waals surface area contributed by atoms with Crippen LogP contribution in [0.4, 0.5) is 4.39 Å². The highest BCUT2D eigenvalue weighted by molar-refractivity contribution is 5.79. The predicted molar refractivity (Wildman–Crippen MR) is 101 cm³/mol. The van der Waals surface area contributed by atoms with E-state index >= 15 is 0 Å². The molecular weight excluding hydrogens is 327 g/mol. The number of hydroxylamine groups is 2. The maximum absolute atomic E-state index is 14.1. The zero-order valence-corrected chi connectivity index (χ0v) is 15.5. The molecule has 1 aliphatic heterocycles. The van der Waals surface area contributed by atoms with Gasteiger partial charge in [-0.05, 0) is 54.8 Å². The minimum atomic E-state index is -0.547. The van der Waals surface area contributed by atoms with Gasteiger partial charge < -0.3 is 5.21 Å². The van der Waals surface area contributed by atoms with E-state index in [2.05, 4.69) is 18.8 Å². The molecule has 1 unspecified atom stereocenters. The summed E-state index contributed by atoms with van der Waals surface area (Å²) in [5, 5.41) is 13.5. The van der Waals surface area contributed by atoms with Crippen molar-refractivity contribution in [2.24, 2.45) is 0 Å². The predicted octanol–water partition coefficient (Wildman–Crippen LogP) is 5.22. The first-order chi connectivity index (χ1) is 12.2. The van der Waals surface area contributed by atoms with E-state index in [9.17, 15) is 9.60 Å². The molecule has 3 nitrogen and oxygen atoms in total. The van der Waals surface area contributed by atoms with Crippen LogP contribution in [0, 0.1) is 5.82 Å². The quantitative estimate of drug-likeness (QED) is 0.653. The summed E-state index contributed by atoms with van der Waals surface area (Å²) in [6.45, 7) is 8.20. The van der Waals surface area contributed by atoms with Crippen molar-refractivity contribution in [1.82, 2.24) is 10.0 Å². The molecule has 0 amide bonds. The van der Waals surface area contributed by atoms with Crippen molar-refractivity contribution in [2.45, 2.75) is 44.7 Å². The molecule has 1 N–H and O–H groups in total. The number of benzene rings is 2. The molecule has 0 fully saturated rings. The summed E-state index contributed by atoms with van der Waals surface area (Å²) in [7, 11) is 0. The van der Waals surface area contributed by atoms with E-state index in [4.69, 9.17) is 0 Å². The Labute approximate surface area is 153 Å². The molecule has 0 bridgehead atoms. The first kappa shape index (κ1) is 17.1.